The first-order valence-corrected chi connectivity index (χ1v) is 5.12. The van der Waals surface area contributed by atoms with E-state index >= 15 is 0 Å². The first kappa shape index (κ1) is 9.03. The highest BCUT2D eigenvalue weighted by Crippen LogP contribution is 2.36. The van der Waals surface area contributed by atoms with Crippen molar-refractivity contribution in [1.82, 2.24) is 5.32 Å². The fraction of sp³-hybridized carbons (Fsp3) is 0.400. The molecule has 1 heterocycles. The number of nitrogens with one attached hydrogen (secondary N) is 1. The average molecular weight is 242 g/mol. The Bertz CT molecular complexity index is 338. The van der Waals surface area contributed by atoms with Gasteiger partial charge in [0, 0.05) is 12.6 Å². The lowest BCUT2D eigenvalue weighted by molar-refractivity contribution is 0.411. The zero-order chi connectivity index (χ0) is 9.42. The van der Waals surface area contributed by atoms with Crippen LogP contribution >= 0.6 is 15.9 Å². The van der Waals surface area contributed by atoms with E-state index in [4.69, 9.17) is 4.74 Å². The fourth-order valence-electron chi connectivity index (χ4n) is 1.72. The molecule has 0 saturated carbocycles. The van der Waals surface area contributed by atoms with Gasteiger partial charge >= 0.3 is 0 Å². The van der Waals surface area contributed by atoms with Gasteiger partial charge in [0.15, 0.2) is 0 Å². The van der Waals surface area contributed by atoms with Crippen molar-refractivity contribution in [2.75, 3.05) is 7.11 Å². The summed E-state index contributed by atoms with van der Waals surface area (Å²) in [5.41, 5.74) is 2.69. The van der Waals surface area contributed by atoms with Crippen molar-refractivity contribution in [3.05, 3.63) is 27.7 Å². The average Bonchev–Trinajstić information content (AvgIpc) is 2.50. The van der Waals surface area contributed by atoms with Crippen LogP contribution in [-0.4, -0.2) is 7.11 Å². The zero-order valence-electron chi connectivity index (χ0n) is 7.73. The lowest BCUT2D eigenvalue weighted by atomic mass is 10.1. The summed E-state index contributed by atoms with van der Waals surface area (Å²) < 4.78 is 6.32. The number of methoxy groups -OCH3 is 1. The van der Waals surface area contributed by atoms with Crippen molar-refractivity contribution in [1.29, 1.82) is 0 Å². The monoisotopic (exact) mass is 241 g/mol. The van der Waals surface area contributed by atoms with E-state index in [1.165, 1.54) is 11.1 Å². The van der Waals surface area contributed by atoms with E-state index in [9.17, 15) is 0 Å². The summed E-state index contributed by atoms with van der Waals surface area (Å²) in [5, 5.41) is 3.39. The minimum Gasteiger partial charge on any atom is -0.496 e. The van der Waals surface area contributed by atoms with Crippen molar-refractivity contribution in [3.8, 4) is 5.75 Å². The number of rotatable bonds is 1. The first-order chi connectivity index (χ1) is 6.24. The van der Waals surface area contributed by atoms with E-state index in [0.717, 1.165) is 16.8 Å². The van der Waals surface area contributed by atoms with Gasteiger partial charge in [0.05, 0.1) is 11.6 Å². The molecule has 0 radical (unpaired) electrons. The SMILES string of the molecule is COc1ccc2c(c1Br)CN[C@H]2C. The van der Waals surface area contributed by atoms with Gasteiger partial charge in [-0.15, -0.1) is 0 Å². The third-order valence-electron chi connectivity index (χ3n) is 2.52. The van der Waals surface area contributed by atoms with E-state index in [0.29, 0.717) is 6.04 Å². The molecule has 0 amide bonds. The summed E-state index contributed by atoms with van der Waals surface area (Å²) in [6.45, 7) is 3.10. The molecule has 3 heteroatoms. The van der Waals surface area contributed by atoms with E-state index in [-0.39, 0.29) is 0 Å². The quantitative estimate of drug-likeness (QED) is 0.817. The Balaban J connectivity index is 2.54. The maximum Gasteiger partial charge on any atom is 0.133 e. The molecule has 1 aromatic rings. The van der Waals surface area contributed by atoms with Crippen molar-refractivity contribution in [2.24, 2.45) is 0 Å². The Morgan fingerprint density at radius 2 is 2.31 bits per heavy atom. The molecule has 1 aliphatic rings. The molecule has 0 saturated heterocycles. The number of fused-ring (bicyclic) bond motifs is 1. The molecule has 13 heavy (non-hydrogen) atoms. The molecule has 1 aromatic carbocycles. The van der Waals surface area contributed by atoms with Crippen LogP contribution in [0.15, 0.2) is 16.6 Å². The normalized spacial score (nSPS) is 20.1. The Labute approximate surface area is 86.4 Å². The number of halogens is 1. The van der Waals surface area contributed by atoms with E-state index in [1.807, 2.05) is 6.07 Å². The molecular weight excluding hydrogens is 230 g/mol. The molecule has 1 atom stereocenters. The zero-order valence-corrected chi connectivity index (χ0v) is 9.31. The summed E-state index contributed by atoms with van der Waals surface area (Å²) >= 11 is 3.55. The van der Waals surface area contributed by atoms with Crippen LogP contribution in [0, 0.1) is 0 Å². The highest BCUT2D eigenvalue weighted by molar-refractivity contribution is 9.10. The summed E-state index contributed by atoms with van der Waals surface area (Å²) in [7, 11) is 1.69. The van der Waals surface area contributed by atoms with Crippen molar-refractivity contribution in [3.63, 3.8) is 0 Å². The lowest BCUT2D eigenvalue weighted by Gasteiger charge is -2.08. The van der Waals surface area contributed by atoms with E-state index < -0.39 is 0 Å². The fourth-order valence-corrected chi connectivity index (χ4v) is 2.39. The summed E-state index contributed by atoms with van der Waals surface area (Å²) in [6.07, 6.45) is 0. The number of hydrogen-bond acceptors (Lipinski definition) is 2. The van der Waals surface area contributed by atoms with Gasteiger partial charge in [-0.25, -0.2) is 0 Å². The van der Waals surface area contributed by atoms with Crippen LogP contribution in [-0.2, 0) is 6.54 Å². The van der Waals surface area contributed by atoms with Crippen LogP contribution in [0.2, 0.25) is 0 Å². The molecule has 2 rings (SSSR count). The summed E-state index contributed by atoms with van der Waals surface area (Å²) in [4.78, 5) is 0. The third kappa shape index (κ3) is 1.36. The van der Waals surface area contributed by atoms with Crippen LogP contribution < -0.4 is 10.1 Å². The Morgan fingerprint density at radius 1 is 1.54 bits per heavy atom. The van der Waals surface area contributed by atoms with Gasteiger partial charge in [0.25, 0.3) is 0 Å². The minimum absolute atomic E-state index is 0.456. The second-order valence-corrected chi connectivity index (χ2v) is 4.05. The summed E-state index contributed by atoms with van der Waals surface area (Å²) in [5.74, 6) is 0.912. The van der Waals surface area contributed by atoms with Gasteiger partial charge in [-0.1, -0.05) is 6.07 Å². The molecule has 0 spiro atoms. The van der Waals surface area contributed by atoms with Gasteiger partial charge < -0.3 is 10.1 Å². The predicted octanol–water partition coefficient (Wildman–Crippen LogP) is 2.62. The smallest absolute Gasteiger partial charge is 0.133 e. The Kier molecular flexibility index (Phi) is 2.30. The van der Waals surface area contributed by atoms with Gasteiger partial charge in [-0.2, -0.15) is 0 Å². The van der Waals surface area contributed by atoms with Crippen LogP contribution in [0.5, 0.6) is 5.75 Å². The van der Waals surface area contributed by atoms with E-state index in [2.05, 4.69) is 34.2 Å². The molecule has 0 fully saturated rings. The maximum absolute atomic E-state index is 5.23. The number of benzene rings is 1. The van der Waals surface area contributed by atoms with Gasteiger partial charge in [-0.3, -0.25) is 0 Å². The van der Waals surface area contributed by atoms with Crippen molar-refractivity contribution in [2.45, 2.75) is 19.5 Å². The standard InChI is InChI=1S/C10H12BrNO/c1-6-7-3-4-9(13-2)10(11)8(7)5-12-6/h3-4,6,12H,5H2,1-2H3/t6-/m0/s1. The van der Waals surface area contributed by atoms with Crippen LogP contribution in [0.3, 0.4) is 0 Å². The molecule has 70 valence electrons. The Morgan fingerprint density at radius 3 is 3.00 bits per heavy atom. The minimum atomic E-state index is 0.456. The molecule has 0 unspecified atom stereocenters. The third-order valence-corrected chi connectivity index (χ3v) is 3.38. The highest BCUT2D eigenvalue weighted by atomic mass is 79.9. The van der Waals surface area contributed by atoms with Gasteiger partial charge in [-0.05, 0) is 40.0 Å². The number of hydrogen-bond donors (Lipinski definition) is 1. The second-order valence-electron chi connectivity index (χ2n) is 3.25. The topological polar surface area (TPSA) is 21.3 Å². The van der Waals surface area contributed by atoms with E-state index in [1.54, 1.807) is 7.11 Å². The lowest BCUT2D eigenvalue weighted by Crippen LogP contribution is -2.06. The highest BCUT2D eigenvalue weighted by Gasteiger charge is 2.21. The second kappa shape index (κ2) is 3.31. The van der Waals surface area contributed by atoms with Gasteiger partial charge in [0.2, 0.25) is 0 Å². The van der Waals surface area contributed by atoms with Crippen molar-refractivity contribution < 1.29 is 4.74 Å². The predicted molar refractivity (Wildman–Crippen MR) is 55.9 cm³/mol. The first-order valence-electron chi connectivity index (χ1n) is 4.32. The van der Waals surface area contributed by atoms with Crippen LogP contribution in [0.4, 0.5) is 0 Å². The molecule has 1 N–H and O–H groups in total. The Hall–Kier alpha value is -0.540. The largest absolute Gasteiger partial charge is 0.496 e. The molecular formula is C10H12BrNO. The van der Waals surface area contributed by atoms with Gasteiger partial charge in [0.1, 0.15) is 5.75 Å². The molecule has 0 bridgehead atoms. The van der Waals surface area contributed by atoms with Crippen LogP contribution in [0.25, 0.3) is 0 Å². The summed E-state index contributed by atoms with van der Waals surface area (Å²) in [6, 6.07) is 4.59. The van der Waals surface area contributed by atoms with Crippen molar-refractivity contribution >= 4 is 15.9 Å². The number of ether oxygens (including phenoxy) is 1. The molecule has 0 aliphatic carbocycles. The molecule has 2 nitrogen and oxygen atoms in total. The van der Waals surface area contributed by atoms with Crippen LogP contribution in [0.1, 0.15) is 24.1 Å². The maximum atomic E-state index is 5.23. The molecule has 1 aliphatic heterocycles. The molecule has 0 aromatic heterocycles.